The highest BCUT2D eigenvalue weighted by molar-refractivity contribution is 5.81. The molecule has 4 bridgehead atoms. The second kappa shape index (κ2) is 3.38. The van der Waals surface area contributed by atoms with Crippen LogP contribution in [0.2, 0.25) is 0 Å². The molecule has 18 heavy (non-hydrogen) atoms. The predicted molar refractivity (Wildman–Crippen MR) is 67.8 cm³/mol. The molecule has 0 heterocycles. The van der Waals surface area contributed by atoms with Crippen molar-refractivity contribution in [3.63, 3.8) is 0 Å². The molecule has 0 spiro atoms. The molecule has 0 saturated heterocycles. The summed E-state index contributed by atoms with van der Waals surface area (Å²) in [6.45, 7) is 7.48. The summed E-state index contributed by atoms with van der Waals surface area (Å²) >= 11 is 0. The lowest BCUT2D eigenvalue weighted by Crippen LogP contribution is -2.72. The fraction of sp³-hybridized carbons (Fsp3) is 0.800. The zero-order valence-electron chi connectivity index (χ0n) is 11.2. The fourth-order valence-electron chi connectivity index (χ4n) is 5.08. The minimum absolute atomic E-state index is 0.113. The van der Waals surface area contributed by atoms with Gasteiger partial charge >= 0.3 is 5.97 Å². The molecule has 4 aliphatic rings. The zero-order valence-corrected chi connectivity index (χ0v) is 11.2. The largest absolute Gasteiger partial charge is 0.453 e. The Balaban J connectivity index is 2.02. The molecule has 4 aliphatic carbocycles. The van der Waals surface area contributed by atoms with Crippen molar-refractivity contribution in [2.45, 2.75) is 57.2 Å². The Morgan fingerprint density at radius 1 is 1.28 bits per heavy atom. The third-order valence-electron chi connectivity index (χ3n) is 5.91. The van der Waals surface area contributed by atoms with Gasteiger partial charge in [-0.05, 0) is 50.9 Å². The molecule has 0 amide bonds. The summed E-state index contributed by atoms with van der Waals surface area (Å²) in [6, 6.07) is 0. The number of carbonyl (C=O) groups excluding carboxylic acids is 1. The SMILES string of the molecule is C=CC(=O)OC12CC3CC(CC(C)(C3)C1(C)O)C2. The van der Waals surface area contributed by atoms with E-state index < -0.39 is 17.2 Å². The minimum Gasteiger partial charge on any atom is -0.453 e. The fourth-order valence-corrected chi connectivity index (χ4v) is 5.08. The van der Waals surface area contributed by atoms with Crippen molar-refractivity contribution in [2.75, 3.05) is 0 Å². The Morgan fingerprint density at radius 2 is 1.83 bits per heavy atom. The van der Waals surface area contributed by atoms with E-state index in [1.165, 1.54) is 12.5 Å². The average Bonchev–Trinajstić information content (AvgIpc) is 2.25. The molecule has 100 valence electrons. The van der Waals surface area contributed by atoms with Crippen molar-refractivity contribution in [2.24, 2.45) is 17.3 Å². The zero-order chi connectivity index (χ0) is 13.2. The van der Waals surface area contributed by atoms with Crippen LogP contribution in [0.3, 0.4) is 0 Å². The van der Waals surface area contributed by atoms with Crippen molar-refractivity contribution >= 4 is 5.97 Å². The van der Waals surface area contributed by atoms with E-state index in [2.05, 4.69) is 13.5 Å². The topological polar surface area (TPSA) is 46.5 Å². The first-order valence-corrected chi connectivity index (χ1v) is 6.90. The van der Waals surface area contributed by atoms with Gasteiger partial charge in [0.15, 0.2) is 0 Å². The van der Waals surface area contributed by atoms with Gasteiger partial charge in [-0.15, -0.1) is 0 Å². The monoisotopic (exact) mass is 250 g/mol. The van der Waals surface area contributed by atoms with Crippen LogP contribution in [0.1, 0.15) is 46.0 Å². The second-order valence-corrected chi connectivity index (χ2v) is 7.04. The van der Waals surface area contributed by atoms with Crippen molar-refractivity contribution < 1.29 is 14.6 Å². The van der Waals surface area contributed by atoms with Gasteiger partial charge in [0.1, 0.15) is 11.2 Å². The molecule has 0 aromatic rings. The molecular formula is C15H22O3. The summed E-state index contributed by atoms with van der Waals surface area (Å²) in [5.41, 5.74) is -1.72. The van der Waals surface area contributed by atoms with Crippen molar-refractivity contribution in [1.29, 1.82) is 0 Å². The third-order valence-corrected chi connectivity index (χ3v) is 5.91. The lowest BCUT2D eigenvalue weighted by Gasteiger charge is -2.67. The molecule has 0 aromatic carbocycles. The van der Waals surface area contributed by atoms with Crippen LogP contribution >= 0.6 is 0 Å². The van der Waals surface area contributed by atoms with Crippen LogP contribution < -0.4 is 0 Å². The molecule has 3 nitrogen and oxygen atoms in total. The maximum absolute atomic E-state index is 11.6. The number of rotatable bonds is 2. The van der Waals surface area contributed by atoms with Gasteiger partial charge in [-0.25, -0.2) is 4.79 Å². The Labute approximate surface area is 108 Å². The first kappa shape index (κ1) is 12.2. The van der Waals surface area contributed by atoms with E-state index in [0.717, 1.165) is 25.7 Å². The summed E-state index contributed by atoms with van der Waals surface area (Å²) in [4.78, 5) is 11.6. The summed E-state index contributed by atoms with van der Waals surface area (Å²) in [7, 11) is 0. The van der Waals surface area contributed by atoms with Crippen molar-refractivity contribution in [3.8, 4) is 0 Å². The highest BCUT2D eigenvalue weighted by atomic mass is 16.6. The first-order valence-electron chi connectivity index (χ1n) is 6.90. The van der Waals surface area contributed by atoms with Crippen LogP contribution in [0.5, 0.6) is 0 Å². The standard InChI is InChI=1S/C15H22O3/c1-4-12(16)18-15-8-10-5-11(9-15)7-13(2,6-10)14(15,3)17/h4,10-11,17H,1,5-9H2,2-3H3. The van der Waals surface area contributed by atoms with Gasteiger partial charge in [-0.3, -0.25) is 0 Å². The molecule has 4 rings (SSSR count). The van der Waals surface area contributed by atoms with Crippen LogP contribution in [0, 0.1) is 17.3 Å². The van der Waals surface area contributed by atoms with Gasteiger partial charge in [-0.1, -0.05) is 13.5 Å². The van der Waals surface area contributed by atoms with Crippen LogP contribution in [0.4, 0.5) is 0 Å². The summed E-state index contributed by atoms with van der Waals surface area (Å²) in [6.07, 6.45) is 6.18. The van der Waals surface area contributed by atoms with Crippen LogP contribution in [0.15, 0.2) is 12.7 Å². The molecule has 3 atom stereocenters. The second-order valence-electron chi connectivity index (χ2n) is 7.04. The van der Waals surface area contributed by atoms with E-state index in [4.69, 9.17) is 4.74 Å². The van der Waals surface area contributed by atoms with Crippen molar-refractivity contribution in [1.82, 2.24) is 0 Å². The van der Waals surface area contributed by atoms with E-state index in [1.807, 2.05) is 6.92 Å². The molecular weight excluding hydrogens is 228 g/mol. The maximum Gasteiger partial charge on any atom is 0.330 e. The van der Waals surface area contributed by atoms with E-state index in [0.29, 0.717) is 11.8 Å². The Bertz CT molecular complexity index is 396. The first-order chi connectivity index (χ1) is 8.32. The summed E-state index contributed by atoms with van der Waals surface area (Å²) < 4.78 is 5.67. The quantitative estimate of drug-likeness (QED) is 0.605. The molecule has 1 N–H and O–H groups in total. The number of carbonyl (C=O) groups is 1. The third kappa shape index (κ3) is 1.31. The highest BCUT2D eigenvalue weighted by Gasteiger charge is 2.70. The van der Waals surface area contributed by atoms with E-state index in [9.17, 15) is 9.90 Å². The molecule has 4 saturated carbocycles. The van der Waals surface area contributed by atoms with Gasteiger partial charge in [0.2, 0.25) is 0 Å². The van der Waals surface area contributed by atoms with Gasteiger partial charge < -0.3 is 9.84 Å². The van der Waals surface area contributed by atoms with Crippen LogP contribution in [0.25, 0.3) is 0 Å². The van der Waals surface area contributed by atoms with Gasteiger partial charge in [-0.2, -0.15) is 0 Å². The molecule has 0 aliphatic heterocycles. The Kier molecular flexibility index (Phi) is 2.30. The minimum atomic E-state index is -0.925. The lowest BCUT2D eigenvalue weighted by molar-refractivity contribution is -0.296. The predicted octanol–water partition coefficient (Wildman–Crippen LogP) is 2.44. The molecule has 0 aromatic heterocycles. The Morgan fingerprint density at radius 3 is 2.33 bits per heavy atom. The van der Waals surface area contributed by atoms with Gasteiger partial charge in [0.05, 0.1) is 0 Å². The van der Waals surface area contributed by atoms with Gasteiger partial charge in [0.25, 0.3) is 0 Å². The van der Waals surface area contributed by atoms with E-state index in [-0.39, 0.29) is 5.41 Å². The van der Waals surface area contributed by atoms with Crippen molar-refractivity contribution in [3.05, 3.63) is 12.7 Å². The molecule has 3 unspecified atom stereocenters. The summed E-state index contributed by atoms with van der Waals surface area (Å²) in [5.74, 6) is 0.793. The van der Waals surface area contributed by atoms with Crippen LogP contribution in [-0.2, 0) is 9.53 Å². The van der Waals surface area contributed by atoms with Gasteiger partial charge in [0, 0.05) is 11.5 Å². The normalized spacial score (nSPS) is 53.3. The number of hydrogen-bond acceptors (Lipinski definition) is 3. The smallest absolute Gasteiger partial charge is 0.330 e. The average molecular weight is 250 g/mol. The van der Waals surface area contributed by atoms with E-state index >= 15 is 0 Å². The number of ether oxygens (including phenoxy) is 1. The molecule has 0 radical (unpaired) electrons. The molecule has 4 fully saturated rings. The number of aliphatic hydroxyl groups is 1. The lowest BCUT2D eigenvalue weighted by atomic mass is 9.42. The number of esters is 1. The van der Waals surface area contributed by atoms with E-state index in [1.54, 1.807) is 0 Å². The Hall–Kier alpha value is -0.830. The van der Waals surface area contributed by atoms with Crippen LogP contribution in [-0.4, -0.2) is 22.3 Å². The number of hydrogen-bond donors (Lipinski definition) is 1. The maximum atomic E-state index is 11.6. The molecule has 3 heteroatoms. The highest BCUT2D eigenvalue weighted by Crippen LogP contribution is 2.67. The summed E-state index contributed by atoms with van der Waals surface area (Å²) in [5, 5.41) is 11.0.